The molecule has 2 atom stereocenters. The third kappa shape index (κ3) is 6.50. The molecule has 1 aliphatic heterocycles. The molecule has 0 unspecified atom stereocenters. The van der Waals surface area contributed by atoms with Crippen molar-refractivity contribution in [2.24, 2.45) is 5.92 Å². The predicted molar refractivity (Wildman–Crippen MR) is 99.9 cm³/mol. The van der Waals surface area contributed by atoms with Gasteiger partial charge in [0.2, 0.25) is 23.6 Å². The van der Waals surface area contributed by atoms with Gasteiger partial charge in [-0.05, 0) is 25.2 Å². The zero-order valence-corrected chi connectivity index (χ0v) is 16.5. The van der Waals surface area contributed by atoms with Gasteiger partial charge >= 0.3 is 6.03 Å². The quantitative estimate of drug-likeness (QED) is 0.350. The number of imide groups is 1. The van der Waals surface area contributed by atoms with E-state index >= 15 is 0 Å². The standard InChI is InChI=1S/C18H29N5O5/c1-10(2)12(20-15(26)9-18(5-6-18)23-11(3)24)4-7-19-16(27)13-8-14(25)22-17(28)21-13/h10,12-13H,4-9H2,1-3H3,(H,19,27)(H,20,26)(H,23,24)(H2,21,22,25,28)/t12-,13+/m1/s1. The fourth-order valence-electron chi connectivity index (χ4n) is 3.25. The lowest BCUT2D eigenvalue weighted by molar-refractivity contribution is -0.128. The molecular weight excluding hydrogens is 366 g/mol. The van der Waals surface area contributed by atoms with E-state index < -0.39 is 29.4 Å². The Balaban J connectivity index is 1.77. The lowest BCUT2D eigenvalue weighted by Gasteiger charge is -2.25. The van der Waals surface area contributed by atoms with Crippen molar-refractivity contribution in [2.75, 3.05) is 6.54 Å². The Hall–Kier alpha value is -2.65. The maximum Gasteiger partial charge on any atom is 0.322 e. The fourth-order valence-corrected chi connectivity index (χ4v) is 3.25. The van der Waals surface area contributed by atoms with E-state index in [1.165, 1.54) is 6.92 Å². The Morgan fingerprint density at radius 2 is 1.89 bits per heavy atom. The first kappa shape index (κ1) is 21.6. The highest BCUT2D eigenvalue weighted by molar-refractivity contribution is 6.02. The zero-order chi connectivity index (χ0) is 20.9. The van der Waals surface area contributed by atoms with Gasteiger partial charge in [0.25, 0.3) is 0 Å². The van der Waals surface area contributed by atoms with Crippen molar-refractivity contribution >= 4 is 29.7 Å². The smallest absolute Gasteiger partial charge is 0.322 e. The number of amides is 6. The van der Waals surface area contributed by atoms with Gasteiger partial charge in [-0.15, -0.1) is 0 Å². The van der Waals surface area contributed by atoms with E-state index in [1.54, 1.807) is 0 Å². The van der Waals surface area contributed by atoms with Gasteiger partial charge in [-0.1, -0.05) is 13.8 Å². The second kappa shape index (κ2) is 9.03. The molecule has 1 aliphatic carbocycles. The van der Waals surface area contributed by atoms with Gasteiger partial charge in [0.1, 0.15) is 6.04 Å². The fraction of sp³-hybridized carbons (Fsp3) is 0.722. The number of hydrogen-bond donors (Lipinski definition) is 5. The summed E-state index contributed by atoms with van der Waals surface area (Å²) in [6.07, 6.45) is 2.24. The van der Waals surface area contributed by atoms with Crippen LogP contribution in [0.4, 0.5) is 4.79 Å². The van der Waals surface area contributed by atoms with Crippen LogP contribution < -0.4 is 26.6 Å². The molecule has 0 aromatic rings. The molecule has 10 nitrogen and oxygen atoms in total. The summed E-state index contributed by atoms with van der Waals surface area (Å²) >= 11 is 0. The second-order valence-corrected chi connectivity index (χ2v) is 7.91. The summed E-state index contributed by atoms with van der Waals surface area (Å²) in [6.45, 7) is 5.68. The van der Waals surface area contributed by atoms with Gasteiger partial charge < -0.3 is 21.3 Å². The van der Waals surface area contributed by atoms with Crippen LogP contribution in [0, 0.1) is 5.92 Å². The molecule has 0 bridgehead atoms. The Morgan fingerprint density at radius 3 is 2.43 bits per heavy atom. The van der Waals surface area contributed by atoms with Crippen LogP contribution in [0.2, 0.25) is 0 Å². The van der Waals surface area contributed by atoms with E-state index in [4.69, 9.17) is 0 Å². The Labute approximate surface area is 163 Å². The number of carbonyl (C=O) groups excluding carboxylic acids is 5. The van der Waals surface area contributed by atoms with E-state index in [2.05, 4.69) is 26.6 Å². The molecule has 2 rings (SSSR count). The van der Waals surface area contributed by atoms with Crippen LogP contribution in [0.15, 0.2) is 0 Å². The minimum absolute atomic E-state index is 0.104. The monoisotopic (exact) mass is 395 g/mol. The molecule has 1 saturated carbocycles. The largest absolute Gasteiger partial charge is 0.354 e. The zero-order valence-electron chi connectivity index (χ0n) is 16.5. The lowest BCUT2D eigenvalue weighted by atomic mass is 10.00. The third-order valence-electron chi connectivity index (χ3n) is 4.96. The molecular formula is C18H29N5O5. The van der Waals surface area contributed by atoms with Gasteiger partial charge in [0.05, 0.1) is 6.42 Å². The van der Waals surface area contributed by atoms with Crippen LogP contribution in [0.25, 0.3) is 0 Å². The van der Waals surface area contributed by atoms with Crippen molar-refractivity contribution in [3.63, 3.8) is 0 Å². The molecule has 6 amide bonds. The molecule has 2 fully saturated rings. The van der Waals surface area contributed by atoms with Crippen molar-refractivity contribution in [3.8, 4) is 0 Å². The van der Waals surface area contributed by atoms with Gasteiger partial charge in [0.15, 0.2) is 0 Å². The van der Waals surface area contributed by atoms with Crippen LogP contribution in [0.5, 0.6) is 0 Å². The van der Waals surface area contributed by atoms with Crippen LogP contribution in [-0.4, -0.2) is 53.8 Å². The summed E-state index contributed by atoms with van der Waals surface area (Å²) in [7, 11) is 0. The summed E-state index contributed by atoms with van der Waals surface area (Å²) in [5, 5.41) is 13.0. The molecule has 0 aromatic heterocycles. The lowest BCUT2D eigenvalue weighted by Crippen LogP contribution is -2.57. The number of carbonyl (C=O) groups is 5. The molecule has 2 aliphatic rings. The van der Waals surface area contributed by atoms with Crippen molar-refractivity contribution < 1.29 is 24.0 Å². The Bertz CT molecular complexity index is 643. The van der Waals surface area contributed by atoms with E-state index in [0.717, 1.165) is 12.8 Å². The summed E-state index contributed by atoms with van der Waals surface area (Å²) in [4.78, 5) is 58.4. The topological polar surface area (TPSA) is 146 Å². The van der Waals surface area contributed by atoms with Crippen LogP contribution in [-0.2, 0) is 19.2 Å². The first-order valence-corrected chi connectivity index (χ1v) is 9.56. The normalized spacial score (nSPS) is 21.2. The minimum Gasteiger partial charge on any atom is -0.354 e. The number of hydrogen-bond acceptors (Lipinski definition) is 5. The molecule has 156 valence electrons. The van der Waals surface area contributed by atoms with Crippen molar-refractivity contribution in [1.82, 2.24) is 26.6 Å². The molecule has 1 saturated heterocycles. The van der Waals surface area contributed by atoms with Crippen LogP contribution in [0.1, 0.15) is 52.9 Å². The van der Waals surface area contributed by atoms with E-state index in [1.807, 2.05) is 13.8 Å². The Kier molecular flexibility index (Phi) is 6.98. The molecule has 1 heterocycles. The first-order valence-electron chi connectivity index (χ1n) is 9.56. The highest BCUT2D eigenvalue weighted by Gasteiger charge is 2.45. The summed E-state index contributed by atoms with van der Waals surface area (Å²) in [5.74, 6) is -1.05. The molecule has 5 N–H and O–H groups in total. The van der Waals surface area contributed by atoms with Gasteiger partial charge in [0, 0.05) is 31.5 Å². The predicted octanol–water partition coefficient (Wildman–Crippen LogP) is -0.710. The molecule has 0 radical (unpaired) electrons. The summed E-state index contributed by atoms with van der Waals surface area (Å²) < 4.78 is 0. The second-order valence-electron chi connectivity index (χ2n) is 7.91. The summed E-state index contributed by atoms with van der Waals surface area (Å²) in [6, 6.07) is -1.72. The number of nitrogens with one attached hydrogen (secondary N) is 5. The maximum atomic E-state index is 12.4. The van der Waals surface area contributed by atoms with Crippen molar-refractivity contribution in [2.45, 2.75) is 70.5 Å². The van der Waals surface area contributed by atoms with E-state index in [-0.39, 0.29) is 36.6 Å². The molecule has 28 heavy (non-hydrogen) atoms. The van der Waals surface area contributed by atoms with Crippen molar-refractivity contribution in [3.05, 3.63) is 0 Å². The Morgan fingerprint density at radius 1 is 1.21 bits per heavy atom. The average molecular weight is 395 g/mol. The maximum absolute atomic E-state index is 12.4. The molecule has 0 aromatic carbocycles. The SMILES string of the molecule is CC(=O)NC1(CC(=O)N[C@H](CCNC(=O)[C@@H]2CC(=O)NC(=O)N2)C(C)C)CC1. The third-order valence-corrected chi connectivity index (χ3v) is 4.96. The van der Waals surface area contributed by atoms with Gasteiger partial charge in [-0.25, -0.2) is 4.79 Å². The van der Waals surface area contributed by atoms with E-state index in [9.17, 15) is 24.0 Å². The van der Waals surface area contributed by atoms with Crippen molar-refractivity contribution in [1.29, 1.82) is 0 Å². The van der Waals surface area contributed by atoms with Crippen LogP contribution in [0.3, 0.4) is 0 Å². The highest BCUT2D eigenvalue weighted by Crippen LogP contribution is 2.38. The average Bonchev–Trinajstić information content (AvgIpc) is 3.30. The van der Waals surface area contributed by atoms with E-state index in [0.29, 0.717) is 13.0 Å². The highest BCUT2D eigenvalue weighted by atomic mass is 16.2. The number of urea groups is 1. The molecule has 10 heteroatoms. The van der Waals surface area contributed by atoms with Crippen LogP contribution >= 0.6 is 0 Å². The minimum atomic E-state index is -0.888. The van der Waals surface area contributed by atoms with Gasteiger partial charge in [-0.2, -0.15) is 0 Å². The number of rotatable bonds is 9. The van der Waals surface area contributed by atoms with Gasteiger partial charge in [-0.3, -0.25) is 24.5 Å². The first-order chi connectivity index (χ1) is 13.1. The molecule has 0 spiro atoms. The summed E-state index contributed by atoms with van der Waals surface area (Å²) in [5.41, 5.74) is -0.411.